The third kappa shape index (κ3) is 4.20. The fraction of sp³-hybridized carbons (Fsp3) is 0.111. The third-order valence-electron chi connectivity index (χ3n) is 3.53. The maximum absolute atomic E-state index is 12.5. The number of nitrogens with zero attached hydrogens (tertiary/aromatic N) is 1. The van der Waals surface area contributed by atoms with Crippen molar-refractivity contribution in [3.8, 4) is 0 Å². The predicted molar refractivity (Wildman–Crippen MR) is 93.2 cm³/mol. The maximum atomic E-state index is 12.5. The molecule has 0 saturated carbocycles. The van der Waals surface area contributed by atoms with Gasteiger partial charge in [0.2, 0.25) is 10.0 Å². The minimum absolute atomic E-state index is 0.0291. The topological polar surface area (TPSA) is 85.4 Å². The molecule has 0 atom stereocenters. The largest absolute Gasteiger partial charge is 0.460 e. The number of sulfonamides is 1. The Bertz CT molecular complexity index is 983. The van der Waals surface area contributed by atoms with Gasteiger partial charge in [0, 0.05) is 11.6 Å². The standard InChI is InChI=1S/C18H16N2O4S/c21-17(24-13-14-6-2-1-3-7-14)12-20-25(22,23)16-10-4-8-15-9-5-11-19-18(15)16/h1-11,20H,12-13H2. The summed E-state index contributed by atoms with van der Waals surface area (Å²) in [6.07, 6.45) is 1.52. The first-order valence-corrected chi connectivity index (χ1v) is 9.07. The number of hydrogen-bond acceptors (Lipinski definition) is 5. The van der Waals surface area contributed by atoms with Gasteiger partial charge in [0.05, 0.1) is 5.52 Å². The highest BCUT2D eigenvalue weighted by Gasteiger charge is 2.19. The van der Waals surface area contributed by atoms with Crippen molar-refractivity contribution in [3.63, 3.8) is 0 Å². The fourth-order valence-corrected chi connectivity index (χ4v) is 3.46. The van der Waals surface area contributed by atoms with Crippen LogP contribution in [0.2, 0.25) is 0 Å². The van der Waals surface area contributed by atoms with Gasteiger partial charge < -0.3 is 4.74 Å². The van der Waals surface area contributed by atoms with E-state index >= 15 is 0 Å². The second-order valence-corrected chi connectivity index (χ2v) is 7.04. The monoisotopic (exact) mass is 356 g/mol. The molecule has 0 aliphatic heterocycles. The molecule has 1 N–H and O–H groups in total. The van der Waals surface area contributed by atoms with Crippen molar-refractivity contribution in [1.29, 1.82) is 0 Å². The van der Waals surface area contributed by atoms with Gasteiger partial charge in [-0.3, -0.25) is 9.78 Å². The van der Waals surface area contributed by atoms with Crippen LogP contribution < -0.4 is 4.72 Å². The van der Waals surface area contributed by atoms with Gasteiger partial charge in [-0.1, -0.05) is 48.5 Å². The van der Waals surface area contributed by atoms with Crippen LogP contribution in [0.25, 0.3) is 10.9 Å². The van der Waals surface area contributed by atoms with Crippen molar-refractivity contribution in [2.24, 2.45) is 0 Å². The Hall–Kier alpha value is -2.77. The molecule has 0 saturated heterocycles. The molecule has 0 unspecified atom stereocenters. The predicted octanol–water partition coefficient (Wildman–Crippen LogP) is 2.26. The number of rotatable bonds is 6. The smallest absolute Gasteiger partial charge is 0.321 e. The summed E-state index contributed by atoms with van der Waals surface area (Å²) in [6, 6.07) is 17.5. The number of nitrogens with one attached hydrogen (secondary N) is 1. The average Bonchev–Trinajstić information content (AvgIpc) is 2.65. The van der Waals surface area contributed by atoms with E-state index in [2.05, 4.69) is 9.71 Å². The molecule has 3 aromatic rings. The zero-order valence-electron chi connectivity index (χ0n) is 13.3. The van der Waals surface area contributed by atoms with Gasteiger partial charge in [-0.25, -0.2) is 8.42 Å². The van der Waals surface area contributed by atoms with E-state index in [1.54, 1.807) is 24.3 Å². The molecule has 25 heavy (non-hydrogen) atoms. The molecule has 0 aliphatic rings. The van der Waals surface area contributed by atoms with Gasteiger partial charge >= 0.3 is 5.97 Å². The van der Waals surface area contributed by atoms with Crippen LogP contribution in [0.15, 0.2) is 71.8 Å². The van der Waals surface area contributed by atoms with Crippen molar-refractivity contribution in [2.45, 2.75) is 11.5 Å². The molecule has 0 aliphatic carbocycles. The van der Waals surface area contributed by atoms with E-state index in [0.29, 0.717) is 10.9 Å². The summed E-state index contributed by atoms with van der Waals surface area (Å²) < 4.78 is 32.3. The third-order valence-corrected chi connectivity index (χ3v) is 4.97. The Kier molecular flexibility index (Phi) is 5.06. The van der Waals surface area contributed by atoms with Crippen LogP contribution in [-0.4, -0.2) is 25.9 Å². The number of para-hydroxylation sites is 1. The quantitative estimate of drug-likeness (QED) is 0.685. The highest BCUT2D eigenvalue weighted by molar-refractivity contribution is 7.89. The Morgan fingerprint density at radius 3 is 2.56 bits per heavy atom. The minimum Gasteiger partial charge on any atom is -0.460 e. The number of pyridine rings is 1. The van der Waals surface area contributed by atoms with E-state index in [9.17, 15) is 13.2 Å². The fourth-order valence-electron chi connectivity index (χ4n) is 2.31. The first-order chi connectivity index (χ1) is 12.1. The molecule has 128 valence electrons. The Labute approximate surface area is 145 Å². The van der Waals surface area contributed by atoms with Gasteiger partial charge in [0.25, 0.3) is 0 Å². The summed E-state index contributed by atoms with van der Waals surface area (Å²) in [4.78, 5) is 15.9. The van der Waals surface area contributed by atoms with Crippen molar-refractivity contribution >= 4 is 26.9 Å². The molecule has 1 aromatic heterocycles. The Balaban J connectivity index is 1.66. The lowest BCUT2D eigenvalue weighted by Crippen LogP contribution is -2.30. The number of benzene rings is 2. The molecule has 6 nitrogen and oxygen atoms in total. The number of ether oxygens (including phenoxy) is 1. The van der Waals surface area contributed by atoms with E-state index in [1.807, 2.05) is 30.3 Å². The Morgan fingerprint density at radius 2 is 1.76 bits per heavy atom. The molecule has 7 heteroatoms. The van der Waals surface area contributed by atoms with Crippen LogP contribution in [-0.2, 0) is 26.2 Å². The molecule has 0 amide bonds. The lowest BCUT2D eigenvalue weighted by atomic mass is 10.2. The van der Waals surface area contributed by atoms with Crippen LogP contribution >= 0.6 is 0 Å². The number of aromatic nitrogens is 1. The van der Waals surface area contributed by atoms with Gasteiger partial charge in [0.15, 0.2) is 0 Å². The molecule has 0 bridgehead atoms. The highest BCUT2D eigenvalue weighted by Crippen LogP contribution is 2.20. The normalized spacial score (nSPS) is 11.4. The van der Waals surface area contributed by atoms with Crippen LogP contribution in [0.1, 0.15) is 5.56 Å². The summed E-state index contributed by atoms with van der Waals surface area (Å²) in [5.74, 6) is -0.652. The van der Waals surface area contributed by atoms with Crippen LogP contribution in [0, 0.1) is 0 Å². The molecule has 0 spiro atoms. The lowest BCUT2D eigenvalue weighted by molar-refractivity contribution is -0.143. The molecule has 3 rings (SSSR count). The van der Waals surface area contributed by atoms with E-state index in [-0.39, 0.29) is 11.5 Å². The van der Waals surface area contributed by atoms with Gasteiger partial charge in [0.1, 0.15) is 18.0 Å². The van der Waals surface area contributed by atoms with Crippen molar-refractivity contribution in [1.82, 2.24) is 9.71 Å². The number of carbonyl (C=O) groups excluding carboxylic acids is 1. The van der Waals surface area contributed by atoms with Gasteiger partial charge in [-0.15, -0.1) is 0 Å². The van der Waals surface area contributed by atoms with Crippen LogP contribution in [0.5, 0.6) is 0 Å². The summed E-state index contributed by atoms with van der Waals surface area (Å²) in [6.45, 7) is -0.352. The molecule has 0 radical (unpaired) electrons. The highest BCUT2D eigenvalue weighted by atomic mass is 32.2. The van der Waals surface area contributed by atoms with E-state index < -0.39 is 22.5 Å². The number of hydrogen-bond donors (Lipinski definition) is 1. The van der Waals surface area contributed by atoms with E-state index in [4.69, 9.17) is 4.74 Å². The molecule has 0 fully saturated rings. The zero-order chi connectivity index (χ0) is 17.7. The van der Waals surface area contributed by atoms with Crippen molar-refractivity contribution in [3.05, 3.63) is 72.4 Å². The van der Waals surface area contributed by atoms with Gasteiger partial charge in [-0.05, 0) is 17.7 Å². The number of fused-ring (bicyclic) bond motifs is 1. The SMILES string of the molecule is O=C(CNS(=O)(=O)c1cccc2cccnc12)OCc1ccccc1. The summed E-state index contributed by atoms with van der Waals surface area (Å²) in [5.41, 5.74) is 1.19. The van der Waals surface area contributed by atoms with E-state index in [1.165, 1.54) is 12.3 Å². The molecular weight excluding hydrogens is 340 g/mol. The Morgan fingerprint density at radius 1 is 1.00 bits per heavy atom. The minimum atomic E-state index is -3.88. The average molecular weight is 356 g/mol. The number of carbonyl (C=O) groups is 1. The summed E-state index contributed by atoms with van der Waals surface area (Å²) >= 11 is 0. The molecule has 2 aromatic carbocycles. The maximum Gasteiger partial charge on any atom is 0.321 e. The first kappa shape index (κ1) is 17.1. The second-order valence-electron chi connectivity index (χ2n) is 5.30. The lowest BCUT2D eigenvalue weighted by Gasteiger charge is -2.09. The van der Waals surface area contributed by atoms with E-state index in [0.717, 1.165) is 5.56 Å². The zero-order valence-corrected chi connectivity index (χ0v) is 14.1. The van der Waals surface area contributed by atoms with Gasteiger partial charge in [-0.2, -0.15) is 4.72 Å². The summed E-state index contributed by atoms with van der Waals surface area (Å²) in [7, 11) is -3.88. The van der Waals surface area contributed by atoms with Crippen LogP contribution in [0.3, 0.4) is 0 Å². The van der Waals surface area contributed by atoms with Crippen molar-refractivity contribution in [2.75, 3.05) is 6.54 Å². The second kappa shape index (κ2) is 7.42. The molecular formula is C18H16N2O4S. The first-order valence-electron chi connectivity index (χ1n) is 7.59. The molecule has 1 heterocycles. The van der Waals surface area contributed by atoms with Crippen molar-refractivity contribution < 1.29 is 17.9 Å². The summed E-state index contributed by atoms with van der Waals surface area (Å²) in [5, 5.41) is 0.706. The number of esters is 1. The van der Waals surface area contributed by atoms with Crippen LogP contribution in [0.4, 0.5) is 0 Å².